The van der Waals surface area contributed by atoms with Gasteiger partial charge in [0.25, 0.3) is 0 Å². The van der Waals surface area contributed by atoms with Crippen LogP contribution in [0.2, 0.25) is 0 Å². The van der Waals surface area contributed by atoms with Crippen molar-refractivity contribution in [1.82, 2.24) is 0 Å². The fourth-order valence-electron chi connectivity index (χ4n) is 3.12. The van der Waals surface area contributed by atoms with Crippen LogP contribution in [0.25, 0.3) is 0 Å². The van der Waals surface area contributed by atoms with Crippen LogP contribution in [-0.4, -0.2) is 59.1 Å². The van der Waals surface area contributed by atoms with Crippen molar-refractivity contribution < 1.29 is 27.9 Å². The number of carbonyl (C=O) groups excluding carboxylic acids is 2. The summed E-state index contributed by atoms with van der Waals surface area (Å²) in [7, 11) is -3.19. The van der Waals surface area contributed by atoms with Gasteiger partial charge in [-0.3, -0.25) is 14.4 Å². The lowest BCUT2D eigenvalue weighted by Gasteiger charge is -2.24. The summed E-state index contributed by atoms with van der Waals surface area (Å²) in [6.07, 6.45) is -0.546. The Kier molecular flexibility index (Phi) is 5.38. The number of aliphatic imine (C=N–C) groups is 1. The molecule has 0 aromatic heterocycles. The van der Waals surface area contributed by atoms with E-state index >= 15 is 0 Å². The molecule has 0 unspecified atom stereocenters. The van der Waals surface area contributed by atoms with E-state index in [1.54, 1.807) is 29.2 Å². The predicted octanol–water partition coefficient (Wildman–Crippen LogP) is 1.36. The average Bonchev–Trinajstić information content (AvgIpc) is 3.03. The molecule has 2 aliphatic rings. The van der Waals surface area contributed by atoms with Gasteiger partial charge in [-0.05, 0) is 19.1 Å². The van der Waals surface area contributed by atoms with E-state index in [0.717, 1.165) is 0 Å². The molecule has 0 aliphatic carbocycles. The number of anilines is 1. The van der Waals surface area contributed by atoms with Gasteiger partial charge >= 0.3 is 5.97 Å². The van der Waals surface area contributed by atoms with Crippen LogP contribution in [0, 0.1) is 0 Å². The Bertz CT molecular complexity index is 940. The number of rotatable bonds is 5. The van der Waals surface area contributed by atoms with E-state index in [-0.39, 0.29) is 41.4 Å². The molecular formula is C17H18N2O6S2. The number of carboxylic acid groups (broad SMARTS) is 1. The third-order valence-electron chi connectivity index (χ3n) is 4.37. The number of nitrogens with zero attached hydrogens (tertiary/aromatic N) is 2. The molecule has 3 rings (SSSR count). The average molecular weight is 410 g/mol. The highest BCUT2D eigenvalue weighted by molar-refractivity contribution is 8.16. The first-order valence-electron chi connectivity index (χ1n) is 8.27. The monoisotopic (exact) mass is 410 g/mol. The maximum atomic E-state index is 12.0. The summed E-state index contributed by atoms with van der Waals surface area (Å²) in [4.78, 5) is 40.1. The highest BCUT2D eigenvalue weighted by Gasteiger charge is 2.49. The largest absolute Gasteiger partial charge is 0.481 e. The first-order chi connectivity index (χ1) is 12.7. The second-order valence-electron chi connectivity index (χ2n) is 6.46. The summed E-state index contributed by atoms with van der Waals surface area (Å²) >= 11 is 1.21. The van der Waals surface area contributed by atoms with Crippen LogP contribution in [0.3, 0.4) is 0 Å². The number of Topliss-reactive ketones (excluding diaryl/α,β-unsaturated/α-hetero) is 1. The summed E-state index contributed by atoms with van der Waals surface area (Å²) < 4.78 is 24.1. The molecule has 27 heavy (non-hydrogen) atoms. The van der Waals surface area contributed by atoms with E-state index in [4.69, 9.17) is 5.11 Å². The number of amidine groups is 1. The van der Waals surface area contributed by atoms with E-state index in [9.17, 15) is 22.8 Å². The number of fused-ring (bicyclic) bond motifs is 1. The zero-order chi connectivity index (χ0) is 19.8. The van der Waals surface area contributed by atoms with E-state index in [2.05, 4.69) is 4.99 Å². The quantitative estimate of drug-likeness (QED) is 0.722. The number of hydrogen-bond acceptors (Lipinski definition) is 6. The molecule has 1 aromatic rings. The van der Waals surface area contributed by atoms with Gasteiger partial charge in [-0.2, -0.15) is 4.99 Å². The number of sulfone groups is 1. The zero-order valence-electron chi connectivity index (χ0n) is 14.5. The standard InChI is InChI=1S/C17H18N2O6S2/c1-10(20)11-3-2-4-12(7-11)19-13-8-27(24,25)9-14(13)26-17(19)18-15(21)5-6-16(22)23/h2-4,7,13-14H,5-6,8-9H2,1H3,(H,22,23)/t13-,14-/m0/s1. The smallest absolute Gasteiger partial charge is 0.303 e. The molecule has 2 saturated heterocycles. The molecule has 1 N–H and O–H groups in total. The van der Waals surface area contributed by atoms with Crippen molar-refractivity contribution in [1.29, 1.82) is 0 Å². The minimum atomic E-state index is -3.19. The summed E-state index contributed by atoms with van der Waals surface area (Å²) in [5.41, 5.74) is 1.06. The van der Waals surface area contributed by atoms with Gasteiger partial charge in [0.15, 0.2) is 20.8 Å². The molecule has 1 amide bonds. The van der Waals surface area contributed by atoms with Crippen molar-refractivity contribution in [2.45, 2.75) is 31.1 Å². The van der Waals surface area contributed by atoms with Crippen molar-refractivity contribution in [3.05, 3.63) is 29.8 Å². The number of benzene rings is 1. The molecule has 0 bridgehead atoms. The van der Waals surface area contributed by atoms with Gasteiger partial charge in [0.2, 0.25) is 5.91 Å². The lowest BCUT2D eigenvalue weighted by Crippen LogP contribution is -2.37. The Morgan fingerprint density at radius 2 is 2.00 bits per heavy atom. The minimum absolute atomic E-state index is 0.00638. The third-order valence-corrected chi connectivity index (χ3v) is 7.58. The molecule has 0 spiro atoms. The van der Waals surface area contributed by atoms with Gasteiger partial charge < -0.3 is 10.0 Å². The summed E-state index contributed by atoms with van der Waals surface area (Å²) in [5.74, 6) is -1.85. The number of thioether (sulfide) groups is 1. The Labute approximate surface area is 160 Å². The molecule has 144 valence electrons. The normalized spacial score (nSPS) is 24.8. The number of carbonyl (C=O) groups is 3. The second kappa shape index (κ2) is 7.43. The number of carboxylic acids is 1. The third kappa shape index (κ3) is 4.38. The van der Waals surface area contributed by atoms with Gasteiger partial charge in [-0.1, -0.05) is 23.9 Å². The SMILES string of the molecule is CC(=O)c1cccc(N2C(=NC(=O)CCC(=O)O)S[C@H]3CS(=O)(=O)C[C@@H]32)c1. The highest BCUT2D eigenvalue weighted by atomic mass is 32.2. The molecule has 10 heteroatoms. The van der Waals surface area contributed by atoms with Gasteiger partial charge in [0, 0.05) is 22.9 Å². The van der Waals surface area contributed by atoms with Crippen molar-refractivity contribution in [2.75, 3.05) is 16.4 Å². The van der Waals surface area contributed by atoms with Crippen LogP contribution in [0.15, 0.2) is 29.3 Å². The van der Waals surface area contributed by atoms with Crippen LogP contribution < -0.4 is 4.90 Å². The maximum absolute atomic E-state index is 12.0. The first kappa shape index (κ1) is 19.6. The van der Waals surface area contributed by atoms with Crippen LogP contribution in [0.1, 0.15) is 30.1 Å². The zero-order valence-corrected chi connectivity index (χ0v) is 16.1. The van der Waals surface area contributed by atoms with Crippen LogP contribution in [0.4, 0.5) is 5.69 Å². The maximum Gasteiger partial charge on any atom is 0.303 e. The van der Waals surface area contributed by atoms with Crippen molar-refractivity contribution in [2.24, 2.45) is 4.99 Å². The Hall–Kier alpha value is -2.20. The van der Waals surface area contributed by atoms with Gasteiger partial charge in [-0.15, -0.1) is 0 Å². The van der Waals surface area contributed by atoms with E-state index in [1.807, 2.05) is 0 Å². The summed E-state index contributed by atoms with van der Waals surface area (Å²) in [5, 5.41) is 8.79. The fourth-order valence-corrected chi connectivity index (χ4v) is 7.05. The molecule has 2 fully saturated rings. The highest BCUT2D eigenvalue weighted by Crippen LogP contribution is 2.41. The van der Waals surface area contributed by atoms with Crippen LogP contribution in [-0.2, 0) is 19.4 Å². The topological polar surface area (TPSA) is 121 Å². The van der Waals surface area contributed by atoms with Crippen LogP contribution >= 0.6 is 11.8 Å². The summed E-state index contributed by atoms with van der Waals surface area (Å²) in [6.45, 7) is 1.44. The number of amides is 1. The Balaban J connectivity index is 1.96. The van der Waals surface area contributed by atoms with E-state index < -0.39 is 21.7 Å². The minimum Gasteiger partial charge on any atom is -0.481 e. The van der Waals surface area contributed by atoms with Gasteiger partial charge in [0.1, 0.15) is 0 Å². The molecular weight excluding hydrogens is 392 g/mol. The lowest BCUT2D eigenvalue weighted by atomic mass is 10.1. The number of aliphatic carboxylic acids is 1. The van der Waals surface area contributed by atoms with Crippen LogP contribution in [0.5, 0.6) is 0 Å². The van der Waals surface area contributed by atoms with Gasteiger partial charge in [0.05, 0.1) is 24.0 Å². The van der Waals surface area contributed by atoms with Crippen molar-refractivity contribution in [3.8, 4) is 0 Å². The van der Waals surface area contributed by atoms with Gasteiger partial charge in [-0.25, -0.2) is 8.42 Å². The Morgan fingerprint density at radius 3 is 2.67 bits per heavy atom. The summed E-state index contributed by atoms with van der Waals surface area (Å²) in [6, 6.07) is 6.35. The molecule has 2 atom stereocenters. The number of hydrogen-bond donors (Lipinski definition) is 1. The lowest BCUT2D eigenvalue weighted by molar-refractivity contribution is -0.138. The second-order valence-corrected chi connectivity index (χ2v) is 9.82. The Morgan fingerprint density at radius 1 is 1.26 bits per heavy atom. The molecule has 0 saturated carbocycles. The van der Waals surface area contributed by atoms with E-state index in [1.165, 1.54) is 18.7 Å². The molecule has 8 nitrogen and oxygen atoms in total. The molecule has 0 radical (unpaired) electrons. The molecule has 2 aliphatic heterocycles. The van der Waals surface area contributed by atoms with E-state index in [0.29, 0.717) is 16.4 Å². The first-order valence-corrected chi connectivity index (χ1v) is 11.0. The molecule has 1 aromatic carbocycles. The van der Waals surface area contributed by atoms with Crippen molar-refractivity contribution in [3.63, 3.8) is 0 Å². The van der Waals surface area contributed by atoms with Crippen molar-refractivity contribution >= 4 is 50.1 Å². The fraction of sp³-hybridized carbons (Fsp3) is 0.412. The number of ketones is 1. The predicted molar refractivity (Wildman–Crippen MR) is 102 cm³/mol. The molecule has 2 heterocycles.